The SMILES string of the molecule is Cc1cccc(C)c1NC(=O)C[NH+](C)CC(=O)N[C@H](C)c1cccs1. The number of anilines is 1. The molecule has 134 valence electrons. The van der Waals surface area contributed by atoms with E-state index in [1.807, 2.05) is 63.5 Å². The summed E-state index contributed by atoms with van der Waals surface area (Å²) < 4.78 is 0. The molecule has 2 amide bonds. The van der Waals surface area contributed by atoms with Crippen LogP contribution in [0.25, 0.3) is 0 Å². The van der Waals surface area contributed by atoms with Gasteiger partial charge in [-0.1, -0.05) is 24.3 Å². The van der Waals surface area contributed by atoms with Crippen LogP contribution in [0, 0.1) is 13.8 Å². The van der Waals surface area contributed by atoms with Crippen molar-refractivity contribution < 1.29 is 14.5 Å². The third-order valence-electron chi connectivity index (χ3n) is 4.02. The lowest BCUT2D eigenvalue weighted by molar-refractivity contribution is -0.862. The van der Waals surface area contributed by atoms with Gasteiger partial charge in [0.1, 0.15) is 0 Å². The summed E-state index contributed by atoms with van der Waals surface area (Å²) in [5.74, 6) is -0.146. The molecule has 0 aliphatic carbocycles. The summed E-state index contributed by atoms with van der Waals surface area (Å²) in [5.41, 5.74) is 2.93. The molecule has 0 saturated heterocycles. The highest BCUT2D eigenvalue weighted by Gasteiger charge is 2.17. The van der Waals surface area contributed by atoms with Gasteiger partial charge in [0.25, 0.3) is 11.8 Å². The van der Waals surface area contributed by atoms with Crippen molar-refractivity contribution in [3.05, 3.63) is 51.7 Å². The first-order valence-corrected chi connectivity index (χ1v) is 9.25. The minimum Gasteiger partial charge on any atom is -0.344 e. The van der Waals surface area contributed by atoms with Crippen LogP contribution in [0.5, 0.6) is 0 Å². The maximum absolute atomic E-state index is 12.3. The average Bonchev–Trinajstić information content (AvgIpc) is 3.05. The Morgan fingerprint density at radius 2 is 1.72 bits per heavy atom. The van der Waals surface area contributed by atoms with Crippen molar-refractivity contribution in [2.75, 3.05) is 25.5 Å². The Morgan fingerprint density at radius 1 is 1.08 bits per heavy atom. The molecule has 1 aromatic carbocycles. The molecule has 2 atom stereocenters. The molecule has 2 aromatic rings. The van der Waals surface area contributed by atoms with E-state index in [0.29, 0.717) is 0 Å². The molecule has 2 rings (SSSR count). The smallest absolute Gasteiger partial charge is 0.279 e. The molecule has 1 heterocycles. The summed E-state index contributed by atoms with van der Waals surface area (Å²) in [4.78, 5) is 26.4. The van der Waals surface area contributed by atoms with Gasteiger partial charge in [0.15, 0.2) is 13.1 Å². The van der Waals surface area contributed by atoms with Gasteiger partial charge < -0.3 is 15.5 Å². The van der Waals surface area contributed by atoms with Crippen LogP contribution in [-0.4, -0.2) is 32.0 Å². The summed E-state index contributed by atoms with van der Waals surface area (Å²) in [7, 11) is 1.85. The van der Waals surface area contributed by atoms with Crippen molar-refractivity contribution in [1.82, 2.24) is 5.32 Å². The number of likely N-dealkylation sites (N-methyl/N-ethyl adjacent to an activating group) is 1. The predicted octanol–water partition coefficient (Wildman–Crippen LogP) is 1.70. The van der Waals surface area contributed by atoms with Crippen LogP contribution in [0.3, 0.4) is 0 Å². The van der Waals surface area contributed by atoms with Crippen molar-refractivity contribution in [2.24, 2.45) is 0 Å². The van der Waals surface area contributed by atoms with E-state index in [2.05, 4.69) is 10.6 Å². The number of rotatable bonds is 7. The molecular weight excluding hydrogens is 334 g/mol. The number of nitrogens with one attached hydrogen (secondary N) is 3. The lowest BCUT2D eigenvalue weighted by Gasteiger charge is -2.17. The Labute approximate surface area is 153 Å². The Hall–Kier alpha value is -2.18. The van der Waals surface area contributed by atoms with E-state index in [0.717, 1.165) is 26.6 Å². The highest BCUT2D eigenvalue weighted by Crippen LogP contribution is 2.19. The number of aryl methyl sites for hydroxylation is 2. The van der Waals surface area contributed by atoms with Crippen molar-refractivity contribution in [3.63, 3.8) is 0 Å². The molecule has 0 fully saturated rings. The van der Waals surface area contributed by atoms with E-state index in [1.54, 1.807) is 11.3 Å². The molecule has 0 saturated carbocycles. The lowest BCUT2D eigenvalue weighted by Crippen LogP contribution is -3.11. The van der Waals surface area contributed by atoms with Gasteiger partial charge >= 0.3 is 0 Å². The maximum Gasteiger partial charge on any atom is 0.279 e. The van der Waals surface area contributed by atoms with E-state index < -0.39 is 0 Å². The van der Waals surface area contributed by atoms with Gasteiger partial charge in [0.05, 0.1) is 13.1 Å². The monoisotopic (exact) mass is 360 g/mol. The quantitative estimate of drug-likeness (QED) is 0.704. The van der Waals surface area contributed by atoms with Crippen molar-refractivity contribution in [1.29, 1.82) is 0 Å². The Morgan fingerprint density at radius 3 is 2.32 bits per heavy atom. The fourth-order valence-electron chi connectivity index (χ4n) is 2.71. The highest BCUT2D eigenvalue weighted by atomic mass is 32.1. The molecule has 0 radical (unpaired) electrons. The summed E-state index contributed by atoms with van der Waals surface area (Å²) in [6.45, 7) is 6.41. The highest BCUT2D eigenvalue weighted by molar-refractivity contribution is 7.10. The summed E-state index contributed by atoms with van der Waals surface area (Å²) >= 11 is 1.62. The first kappa shape index (κ1) is 19.1. The molecule has 0 aliphatic rings. The standard InChI is InChI=1S/C19H25N3O2S/c1-13-7-5-8-14(2)19(13)21-18(24)12-22(4)11-17(23)20-15(3)16-9-6-10-25-16/h5-10,15H,11-12H2,1-4H3,(H,20,23)(H,21,24)/p+1/t15-/m1/s1. The average molecular weight is 361 g/mol. The van der Waals surface area contributed by atoms with Crippen LogP contribution < -0.4 is 15.5 Å². The number of hydrogen-bond acceptors (Lipinski definition) is 3. The molecule has 25 heavy (non-hydrogen) atoms. The molecule has 0 bridgehead atoms. The van der Waals surface area contributed by atoms with E-state index in [1.165, 1.54) is 0 Å². The number of quaternary nitrogens is 1. The Bertz CT molecular complexity index is 708. The summed E-state index contributed by atoms with van der Waals surface area (Å²) in [5, 5.41) is 7.92. The molecule has 3 N–H and O–H groups in total. The maximum atomic E-state index is 12.3. The molecule has 5 nitrogen and oxygen atoms in total. The minimum atomic E-state index is -0.0889. The van der Waals surface area contributed by atoms with Crippen LogP contribution in [0.15, 0.2) is 35.7 Å². The van der Waals surface area contributed by atoms with Gasteiger partial charge in [0, 0.05) is 10.6 Å². The summed E-state index contributed by atoms with van der Waals surface area (Å²) in [6.07, 6.45) is 0. The van der Waals surface area contributed by atoms with Gasteiger partial charge in [0.2, 0.25) is 0 Å². The second kappa shape index (κ2) is 8.78. The molecule has 0 spiro atoms. The molecule has 6 heteroatoms. The summed E-state index contributed by atoms with van der Waals surface area (Å²) in [6, 6.07) is 9.87. The second-order valence-electron chi connectivity index (χ2n) is 6.43. The Kier molecular flexibility index (Phi) is 6.73. The lowest BCUT2D eigenvalue weighted by atomic mass is 10.1. The number of thiophene rings is 1. The molecular formula is C19H26N3O2S+. The number of benzene rings is 1. The molecule has 0 aliphatic heterocycles. The number of amides is 2. The Balaban J connectivity index is 1.82. The largest absolute Gasteiger partial charge is 0.344 e. The molecule has 1 aromatic heterocycles. The van der Waals surface area contributed by atoms with Gasteiger partial charge in [-0.3, -0.25) is 9.59 Å². The number of carbonyl (C=O) groups is 2. The van der Waals surface area contributed by atoms with Crippen LogP contribution in [0.1, 0.15) is 29.0 Å². The van der Waals surface area contributed by atoms with E-state index in [4.69, 9.17) is 0 Å². The predicted molar refractivity (Wildman–Crippen MR) is 102 cm³/mol. The normalized spacial score (nSPS) is 13.1. The van der Waals surface area contributed by atoms with Gasteiger partial charge in [-0.15, -0.1) is 11.3 Å². The van der Waals surface area contributed by atoms with Gasteiger partial charge in [-0.05, 0) is 43.3 Å². The topological polar surface area (TPSA) is 62.6 Å². The van der Waals surface area contributed by atoms with Crippen LogP contribution in [-0.2, 0) is 9.59 Å². The zero-order valence-electron chi connectivity index (χ0n) is 15.2. The second-order valence-corrected chi connectivity index (χ2v) is 7.41. The van der Waals surface area contributed by atoms with E-state index in [-0.39, 0.29) is 30.9 Å². The van der Waals surface area contributed by atoms with Crippen LogP contribution in [0.2, 0.25) is 0 Å². The number of carbonyl (C=O) groups excluding carboxylic acids is 2. The zero-order valence-corrected chi connectivity index (χ0v) is 16.0. The van der Waals surface area contributed by atoms with Gasteiger partial charge in [-0.25, -0.2) is 0 Å². The van der Waals surface area contributed by atoms with Crippen LogP contribution in [0.4, 0.5) is 5.69 Å². The third kappa shape index (κ3) is 5.69. The first-order valence-electron chi connectivity index (χ1n) is 8.37. The van der Waals surface area contributed by atoms with Crippen molar-refractivity contribution in [3.8, 4) is 0 Å². The minimum absolute atomic E-state index is 0.0104. The number of hydrogen-bond donors (Lipinski definition) is 3. The third-order valence-corrected chi connectivity index (χ3v) is 5.07. The van der Waals surface area contributed by atoms with Crippen molar-refractivity contribution in [2.45, 2.75) is 26.8 Å². The fraction of sp³-hybridized carbons (Fsp3) is 0.368. The van der Waals surface area contributed by atoms with Crippen molar-refractivity contribution >= 4 is 28.8 Å². The van der Waals surface area contributed by atoms with Crippen LogP contribution >= 0.6 is 11.3 Å². The fourth-order valence-corrected chi connectivity index (χ4v) is 3.44. The van der Waals surface area contributed by atoms with E-state index >= 15 is 0 Å². The molecule has 1 unspecified atom stereocenters. The first-order chi connectivity index (χ1) is 11.9. The van der Waals surface area contributed by atoms with Gasteiger partial charge in [-0.2, -0.15) is 0 Å². The van der Waals surface area contributed by atoms with E-state index in [9.17, 15) is 9.59 Å². The number of para-hydroxylation sites is 1. The zero-order chi connectivity index (χ0) is 18.4.